The Morgan fingerprint density at radius 1 is 1.40 bits per heavy atom. The minimum atomic E-state index is -0.716. The highest BCUT2D eigenvalue weighted by Gasteiger charge is 2.34. The van der Waals surface area contributed by atoms with Crippen molar-refractivity contribution in [3.8, 4) is 0 Å². The van der Waals surface area contributed by atoms with Crippen molar-refractivity contribution < 1.29 is 9.90 Å². The average molecular weight is 277 g/mol. The van der Waals surface area contributed by atoms with Gasteiger partial charge in [0, 0.05) is 13.6 Å². The highest BCUT2D eigenvalue weighted by molar-refractivity contribution is 5.95. The van der Waals surface area contributed by atoms with E-state index in [1.54, 1.807) is 18.0 Å². The molecule has 1 saturated carbocycles. The van der Waals surface area contributed by atoms with Gasteiger partial charge < -0.3 is 10.0 Å². The Bertz CT molecular complexity index is 496. The molecule has 0 aliphatic heterocycles. The molecule has 1 aromatic heterocycles. The number of aliphatic hydroxyl groups is 1. The van der Waals surface area contributed by atoms with Crippen molar-refractivity contribution in [2.24, 2.45) is 0 Å². The Balaban J connectivity index is 2.16. The average Bonchev–Trinajstić information content (AvgIpc) is 2.84. The van der Waals surface area contributed by atoms with Crippen molar-refractivity contribution in [3.63, 3.8) is 0 Å². The van der Waals surface area contributed by atoms with Gasteiger partial charge in [-0.05, 0) is 32.3 Å². The maximum Gasteiger partial charge on any atom is 0.255 e. The van der Waals surface area contributed by atoms with Crippen molar-refractivity contribution in [2.45, 2.75) is 51.6 Å². The molecule has 0 spiro atoms. The van der Waals surface area contributed by atoms with E-state index in [0.29, 0.717) is 24.2 Å². The summed E-state index contributed by atoms with van der Waals surface area (Å²) in [6, 6.07) is 1.78. The van der Waals surface area contributed by atoms with Gasteiger partial charge in [-0.2, -0.15) is 10.2 Å². The summed E-state index contributed by atoms with van der Waals surface area (Å²) in [6.07, 6.45) is 4.30. The van der Waals surface area contributed by atoms with E-state index in [2.05, 4.69) is 10.2 Å². The molecule has 20 heavy (non-hydrogen) atoms. The van der Waals surface area contributed by atoms with Gasteiger partial charge in [-0.3, -0.25) is 4.79 Å². The molecule has 5 heteroatoms. The van der Waals surface area contributed by atoms with Gasteiger partial charge in [0.25, 0.3) is 5.91 Å². The van der Waals surface area contributed by atoms with E-state index in [9.17, 15) is 9.90 Å². The van der Waals surface area contributed by atoms with Crippen LogP contribution in [-0.2, 0) is 6.42 Å². The number of likely N-dealkylation sites (N-methyl/N-ethyl adjacent to an activating group) is 1. The Morgan fingerprint density at radius 2 is 2.05 bits per heavy atom. The molecule has 2 rings (SSSR count). The van der Waals surface area contributed by atoms with E-state index in [1.807, 2.05) is 13.8 Å². The Kier molecular flexibility index (Phi) is 4.38. The van der Waals surface area contributed by atoms with Crippen LogP contribution in [0.5, 0.6) is 0 Å². The Hall–Kier alpha value is -1.49. The number of hydrogen-bond acceptors (Lipinski definition) is 4. The second kappa shape index (κ2) is 5.87. The predicted octanol–water partition coefficient (Wildman–Crippen LogP) is 1.72. The van der Waals surface area contributed by atoms with E-state index in [1.165, 1.54) is 0 Å². The van der Waals surface area contributed by atoms with Crippen LogP contribution in [0.25, 0.3) is 0 Å². The summed E-state index contributed by atoms with van der Waals surface area (Å²) in [5.41, 5.74) is 1.33. The summed E-state index contributed by atoms with van der Waals surface area (Å²) in [5.74, 6) is -0.0832. The minimum Gasteiger partial charge on any atom is -0.388 e. The van der Waals surface area contributed by atoms with E-state index in [-0.39, 0.29) is 5.91 Å². The quantitative estimate of drug-likeness (QED) is 0.910. The summed E-state index contributed by atoms with van der Waals surface area (Å²) in [6.45, 7) is 4.17. The van der Waals surface area contributed by atoms with Crippen LogP contribution in [0.1, 0.15) is 54.4 Å². The number of aromatic nitrogens is 2. The molecule has 1 heterocycles. The monoisotopic (exact) mass is 277 g/mol. The molecular weight excluding hydrogens is 254 g/mol. The van der Waals surface area contributed by atoms with Crippen LogP contribution in [0.4, 0.5) is 0 Å². The molecule has 0 saturated heterocycles. The molecule has 0 radical (unpaired) electrons. The molecule has 1 N–H and O–H groups in total. The van der Waals surface area contributed by atoms with Gasteiger partial charge in [-0.1, -0.05) is 19.8 Å². The predicted molar refractivity (Wildman–Crippen MR) is 76.5 cm³/mol. The lowest BCUT2D eigenvalue weighted by Crippen LogP contribution is -2.42. The number of carbonyl (C=O) groups excluding carboxylic acids is 1. The summed E-state index contributed by atoms with van der Waals surface area (Å²) in [5, 5.41) is 18.5. The molecule has 1 amide bonds. The number of carbonyl (C=O) groups is 1. The summed E-state index contributed by atoms with van der Waals surface area (Å²) >= 11 is 0. The minimum absolute atomic E-state index is 0.0832. The molecule has 0 atom stereocenters. The first-order valence-corrected chi connectivity index (χ1v) is 7.26. The lowest BCUT2D eigenvalue weighted by atomic mass is 10.0. The SMILES string of the molecule is CCc1nnc(C)cc1C(=O)N(C)CC1(O)CCCC1. The van der Waals surface area contributed by atoms with Gasteiger partial charge in [-0.15, -0.1) is 0 Å². The smallest absolute Gasteiger partial charge is 0.255 e. The molecule has 0 aromatic carbocycles. The van der Waals surface area contributed by atoms with Crippen LogP contribution in [0, 0.1) is 6.92 Å². The number of rotatable bonds is 4. The zero-order valence-electron chi connectivity index (χ0n) is 12.5. The maximum absolute atomic E-state index is 12.6. The van der Waals surface area contributed by atoms with Crippen LogP contribution in [0.15, 0.2) is 6.07 Å². The zero-order valence-corrected chi connectivity index (χ0v) is 12.5. The van der Waals surface area contributed by atoms with Gasteiger partial charge in [-0.25, -0.2) is 0 Å². The molecule has 1 fully saturated rings. The number of nitrogens with zero attached hydrogens (tertiary/aromatic N) is 3. The fraction of sp³-hybridized carbons (Fsp3) is 0.667. The van der Waals surface area contributed by atoms with E-state index >= 15 is 0 Å². The van der Waals surface area contributed by atoms with E-state index < -0.39 is 5.60 Å². The highest BCUT2D eigenvalue weighted by Crippen LogP contribution is 2.30. The fourth-order valence-corrected chi connectivity index (χ4v) is 2.87. The van der Waals surface area contributed by atoms with Gasteiger partial charge in [0.05, 0.1) is 22.6 Å². The third kappa shape index (κ3) is 3.15. The summed E-state index contributed by atoms with van der Waals surface area (Å²) < 4.78 is 0. The molecule has 0 bridgehead atoms. The third-order valence-corrected chi connectivity index (χ3v) is 3.97. The van der Waals surface area contributed by atoms with Crippen LogP contribution < -0.4 is 0 Å². The second-order valence-corrected chi connectivity index (χ2v) is 5.79. The van der Waals surface area contributed by atoms with Crippen molar-refractivity contribution in [1.29, 1.82) is 0 Å². The first-order chi connectivity index (χ1) is 9.45. The zero-order chi connectivity index (χ0) is 14.8. The third-order valence-electron chi connectivity index (χ3n) is 3.97. The molecular formula is C15H23N3O2. The molecule has 110 valence electrons. The fourth-order valence-electron chi connectivity index (χ4n) is 2.87. The molecule has 5 nitrogen and oxygen atoms in total. The molecule has 1 aromatic rings. The second-order valence-electron chi connectivity index (χ2n) is 5.79. The Labute approximate surface area is 120 Å². The van der Waals surface area contributed by atoms with Crippen molar-refractivity contribution >= 4 is 5.91 Å². The van der Waals surface area contributed by atoms with Gasteiger partial charge in [0.2, 0.25) is 0 Å². The topological polar surface area (TPSA) is 66.3 Å². The Morgan fingerprint density at radius 3 is 2.65 bits per heavy atom. The molecule has 0 unspecified atom stereocenters. The maximum atomic E-state index is 12.6. The lowest BCUT2D eigenvalue weighted by molar-refractivity contribution is 0.0156. The molecule has 1 aliphatic carbocycles. The highest BCUT2D eigenvalue weighted by atomic mass is 16.3. The van der Waals surface area contributed by atoms with Crippen LogP contribution in [0.3, 0.4) is 0 Å². The van der Waals surface area contributed by atoms with Crippen molar-refractivity contribution in [3.05, 3.63) is 23.0 Å². The number of hydrogen-bond donors (Lipinski definition) is 1. The number of amides is 1. The van der Waals surface area contributed by atoms with Gasteiger partial charge >= 0.3 is 0 Å². The van der Waals surface area contributed by atoms with Crippen LogP contribution in [0.2, 0.25) is 0 Å². The number of aryl methyl sites for hydroxylation is 2. The standard InChI is InChI=1S/C15H23N3O2/c1-4-13-12(9-11(2)16-17-13)14(19)18(3)10-15(20)7-5-6-8-15/h9,20H,4-8,10H2,1-3H3. The van der Waals surface area contributed by atoms with E-state index in [4.69, 9.17) is 0 Å². The lowest BCUT2D eigenvalue weighted by Gasteiger charge is -2.29. The van der Waals surface area contributed by atoms with Crippen LogP contribution >= 0.6 is 0 Å². The van der Waals surface area contributed by atoms with Crippen molar-refractivity contribution in [2.75, 3.05) is 13.6 Å². The van der Waals surface area contributed by atoms with Gasteiger partial charge in [0.1, 0.15) is 0 Å². The first kappa shape index (κ1) is 14.9. The summed E-state index contributed by atoms with van der Waals surface area (Å²) in [4.78, 5) is 14.2. The van der Waals surface area contributed by atoms with Crippen LogP contribution in [-0.4, -0.2) is 45.3 Å². The van der Waals surface area contributed by atoms with E-state index in [0.717, 1.165) is 31.4 Å². The molecule has 1 aliphatic rings. The van der Waals surface area contributed by atoms with Crippen molar-refractivity contribution in [1.82, 2.24) is 15.1 Å². The van der Waals surface area contributed by atoms with Gasteiger partial charge in [0.15, 0.2) is 0 Å². The summed E-state index contributed by atoms with van der Waals surface area (Å²) in [7, 11) is 1.74. The first-order valence-electron chi connectivity index (χ1n) is 7.26. The largest absolute Gasteiger partial charge is 0.388 e. The normalized spacial score (nSPS) is 17.2.